The number of ether oxygens (including phenoxy) is 2. The molecule has 0 aromatic rings. The van der Waals surface area contributed by atoms with Gasteiger partial charge in [0.25, 0.3) is 0 Å². The maximum Gasteiger partial charge on any atom is 0.330 e. The predicted octanol–water partition coefficient (Wildman–Crippen LogP) is 3.23. The molecule has 3 heteroatoms. The van der Waals surface area contributed by atoms with E-state index in [0.717, 1.165) is 32.3 Å². The van der Waals surface area contributed by atoms with Crippen LogP contribution in [0.2, 0.25) is 0 Å². The summed E-state index contributed by atoms with van der Waals surface area (Å²) in [6, 6.07) is 0. The molecule has 0 radical (unpaired) electrons. The quantitative estimate of drug-likeness (QED) is 0.389. The summed E-state index contributed by atoms with van der Waals surface area (Å²) in [6.07, 6.45) is 8.93. The highest BCUT2D eigenvalue weighted by atomic mass is 16.6. The Hall–Kier alpha value is -0.830. The maximum absolute atomic E-state index is 11.2. The van der Waals surface area contributed by atoms with E-state index >= 15 is 0 Å². The lowest BCUT2D eigenvalue weighted by Gasteiger charge is -2.30. The molecule has 0 spiro atoms. The predicted molar refractivity (Wildman–Crippen MR) is 67.8 cm³/mol. The van der Waals surface area contributed by atoms with Crippen LogP contribution in [0.3, 0.4) is 0 Å². The van der Waals surface area contributed by atoms with E-state index in [4.69, 9.17) is 9.47 Å². The third-order valence-corrected chi connectivity index (χ3v) is 3.16. The van der Waals surface area contributed by atoms with Gasteiger partial charge >= 0.3 is 5.97 Å². The van der Waals surface area contributed by atoms with Crippen molar-refractivity contribution >= 4 is 5.97 Å². The summed E-state index contributed by atoms with van der Waals surface area (Å²) < 4.78 is 11.2. The van der Waals surface area contributed by atoms with Crippen LogP contribution in [-0.4, -0.2) is 24.8 Å². The molecule has 0 N–H and O–H groups in total. The van der Waals surface area contributed by atoms with Crippen LogP contribution in [-0.2, 0) is 14.3 Å². The Morgan fingerprint density at radius 2 is 2.00 bits per heavy atom. The highest BCUT2D eigenvalue weighted by Gasteiger charge is 2.28. The van der Waals surface area contributed by atoms with E-state index in [0.29, 0.717) is 0 Å². The molecule has 2 atom stereocenters. The summed E-state index contributed by atoms with van der Waals surface area (Å²) in [4.78, 5) is 11.2. The Balaban J connectivity index is 2.31. The molecular formula is C14H24O3. The molecule has 0 aliphatic heterocycles. The van der Waals surface area contributed by atoms with Crippen LogP contribution in [0.4, 0.5) is 0 Å². The third kappa shape index (κ3) is 5.35. The monoisotopic (exact) mass is 240 g/mol. The Morgan fingerprint density at radius 3 is 2.65 bits per heavy atom. The number of rotatable bonds is 7. The van der Waals surface area contributed by atoms with Crippen LogP contribution in [0.15, 0.2) is 12.7 Å². The largest absolute Gasteiger partial charge is 0.456 e. The normalized spacial score (nSPS) is 24.3. The van der Waals surface area contributed by atoms with Gasteiger partial charge < -0.3 is 9.47 Å². The van der Waals surface area contributed by atoms with E-state index in [1.54, 1.807) is 0 Å². The summed E-state index contributed by atoms with van der Waals surface area (Å²) in [5.74, 6) is -0.334. The summed E-state index contributed by atoms with van der Waals surface area (Å²) >= 11 is 0. The van der Waals surface area contributed by atoms with E-state index in [1.165, 1.54) is 25.3 Å². The summed E-state index contributed by atoms with van der Waals surface area (Å²) in [6.45, 7) is 6.38. The molecule has 0 heterocycles. The average Bonchev–Trinajstić information content (AvgIpc) is 2.36. The minimum atomic E-state index is -0.334. The average molecular weight is 240 g/mol. The van der Waals surface area contributed by atoms with Crippen LogP contribution >= 0.6 is 0 Å². The molecule has 0 amide bonds. The van der Waals surface area contributed by atoms with Crippen molar-refractivity contribution in [3.63, 3.8) is 0 Å². The van der Waals surface area contributed by atoms with E-state index in [1.807, 2.05) is 0 Å². The number of esters is 1. The Morgan fingerprint density at radius 1 is 1.29 bits per heavy atom. The number of carbonyl (C=O) groups excluding carboxylic acids is 1. The van der Waals surface area contributed by atoms with Crippen LogP contribution in [0.5, 0.6) is 0 Å². The van der Waals surface area contributed by atoms with Crippen molar-refractivity contribution in [2.45, 2.75) is 64.1 Å². The summed E-state index contributed by atoms with van der Waals surface area (Å²) in [5, 5.41) is 0. The van der Waals surface area contributed by atoms with Gasteiger partial charge in [-0.3, -0.25) is 0 Å². The van der Waals surface area contributed by atoms with E-state index in [9.17, 15) is 4.79 Å². The van der Waals surface area contributed by atoms with Crippen molar-refractivity contribution in [3.8, 4) is 0 Å². The zero-order valence-corrected chi connectivity index (χ0v) is 10.8. The Kier molecular flexibility index (Phi) is 6.94. The van der Waals surface area contributed by atoms with Gasteiger partial charge in [0, 0.05) is 12.7 Å². The minimum absolute atomic E-state index is 0.0733. The zero-order valence-electron chi connectivity index (χ0n) is 10.8. The van der Waals surface area contributed by atoms with Crippen molar-refractivity contribution in [1.29, 1.82) is 0 Å². The molecule has 0 aromatic heterocycles. The molecule has 0 bridgehead atoms. The molecule has 1 fully saturated rings. The topological polar surface area (TPSA) is 35.5 Å². The van der Waals surface area contributed by atoms with Crippen LogP contribution < -0.4 is 0 Å². The lowest BCUT2D eigenvalue weighted by atomic mass is 9.94. The van der Waals surface area contributed by atoms with E-state index < -0.39 is 0 Å². The standard InChI is InChI=1S/C14H24O3/c1-3-5-8-11-16-12-9-6-7-10-13(12)17-14(15)4-2/h4,12-13H,2-3,5-11H2,1H3. The summed E-state index contributed by atoms with van der Waals surface area (Å²) in [5.41, 5.74) is 0. The molecule has 98 valence electrons. The smallest absolute Gasteiger partial charge is 0.330 e. The van der Waals surface area contributed by atoms with Gasteiger partial charge in [0.1, 0.15) is 6.10 Å². The number of unbranched alkanes of at least 4 members (excludes halogenated alkanes) is 2. The number of hydrogen-bond acceptors (Lipinski definition) is 3. The Labute approximate surface area is 104 Å². The van der Waals surface area contributed by atoms with Crippen molar-refractivity contribution < 1.29 is 14.3 Å². The SMILES string of the molecule is C=CC(=O)OC1CCCCC1OCCCCC. The first-order valence-electron chi connectivity index (χ1n) is 6.72. The van der Waals surface area contributed by atoms with Gasteiger partial charge in [-0.2, -0.15) is 0 Å². The molecule has 2 unspecified atom stereocenters. The first-order chi connectivity index (χ1) is 8.27. The van der Waals surface area contributed by atoms with Crippen molar-refractivity contribution in [2.24, 2.45) is 0 Å². The fourth-order valence-corrected chi connectivity index (χ4v) is 2.17. The fraction of sp³-hybridized carbons (Fsp3) is 0.786. The molecule has 1 saturated carbocycles. The second-order valence-electron chi connectivity index (χ2n) is 4.58. The van der Waals surface area contributed by atoms with Gasteiger partial charge in [0.2, 0.25) is 0 Å². The van der Waals surface area contributed by atoms with Gasteiger partial charge in [-0.15, -0.1) is 0 Å². The van der Waals surface area contributed by atoms with Crippen LogP contribution in [0, 0.1) is 0 Å². The first-order valence-corrected chi connectivity index (χ1v) is 6.72. The van der Waals surface area contributed by atoms with Crippen LogP contribution in [0.1, 0.15) is 51.9 Å². The molecular weight excluding hydrogens is 216 g/mol. The minimum Gasteiger partial charge on any atom is -0.456 e. The zero-order chi connectivity index (χ0) is 12.5. The van der Waals surface area contributed by atoms with Crippen molar-refractivity contribution in [1.82, 2.24) is 0 Å². The lowest BCUT2D eigenvalue weighted by Crippen LogP contribution is -2.36. The van der Waals surface area contributed by atoms with E-state index in [-0.39, 0.29) is 18.2 Å². The van der Waals surface area contributed by atoms with Gasteiger partial charge in [-0.25, -0.2) is 4.79 Å². The molecule has 17 heavy (non-hydrogen) atoms. The molecule has 1 aliphatic carbocycles. The van der Waals surface area contributed by atoms with Gasteiger partial charge in [-0.1, -0.05) is 32.8 Å². The van der Waals surface area contributed by atoms with E-state index in [2.05, 4.69) is 13.5 Å². The third-order valence-electron chi connectivity index (χ3n) is 3.16. The molecule has 0 saturated heterocycles. The molecule has 0 aromatic carbocycles. The molecule has 1 aliphatic rings. The summed E-state index contributed by atoms with van der Waals surface area (Å²) in [7, 11) is 0. The first kappa shape index (κ1) is 14.2. The second kappa shape index (κ2) is 8.29. The van der Waals surface area contributed by atoms with Crippen molar-refractivity contribution in [3.05, 3.63) is 12.7 Å². The molecule has 1 rings (SSSR count). The number of carbonyl (C=O) groups is 1. The second-order valence-corrected chi connectivity index (χ2v) is 4.58. The molecule has 3 nitrogen and oxygen atoms in total. The lowest BCUT2D eigenvalue weighted by molar-refractivity contribution is -0.155. The maximum atomic E-state index is 11.2. The van der Waals surface area contributed by atoms with Crippen LogP contribution in [0.25, 0.3) is 0 Å². The number of hydrogen-bond donors (Lipinski definition) is 0. The van der Waals surface area contributed by atoms with Gasteiger partial charge in [0.05, 0.1) is 6.10 Å². The van der Waals surface area contributed by atoms with Gasteiger partial charge in [0.15, 0.2) is 0 Å². The Bertz CT molecular complexity index is 238. The highest BCUT2D eigenvalue weighted by Crippen LogP contribution is 2.24. The van der Waals surface area contributed by atoms with Crippen molar-refractivity contribution in [2.75, 3.05) is 6.61 Å². The van der Waals surface area contributed by atoms with Gasteiger partial charge in [-0.05, 0) is 25.7 Å². The fourth-order valence-electron chi connectivity index (χ4n) is 2.17. The highest BCUT2D eigenvalue weighted by molar-refractivity contribution is 5.81.